The average molecular weight is 170 g/mol. The first-order valence-corrected chi connectivity index (χ1v) is 3.40. The van der Waals surface area contributed by atoms with Crippen LogP contribution in [0.3, 0.4) is 0 Å². The SMILES string of the molecule is COCc1nc(NC(C)=O)n[nH]1. The van der Waals surface area contributed by atoms with E-state index in [2.05, 4.69) is 20.5 Å². The van der Waals surface area contributed by atoms with Crippen LogP contribution < -0.4 is 5.32 Å². The summed E-state index contributed by atoms with van der Waals surface area (Å²) < 4.78 is 4.80. The van der Waals surface area contributed by atoms with Crippen LogP contribution in [0.25, 0.3) is 0 Å². The number of hydrogen-bond donors (Lipinski definition) is 2. The molecule has 0 radical (unpaired) electrons. The molecule has 0 saturated carbocycles. The molecule has 6 heteroatoms. The third-order valence-corrected chi connectivity index (χ3v) is 1.10. The van der Waals surface area contributed by atoms with Crippen LogP contribution in [-0.4, -0.2) is 28.2 Å². The minimum atomic E-state index is -0.196. The zero-order valence-corrected chi connectivity index (χ0v) is 6.92. The number of methoxy groups -OCH3 is 1. The fourth-order valence-corrected chi connectivity index (χ4v) is 0.710. The number of ether oxygens (including phenoxy) is 1. The van der Waals surface area contributed by atoms with Gasteiger partial charge in [-0.2, -0.15) is 4.98 Å². The summed E-state index contributed by atoms with van der Waals surface area (Å²) in [6.07, 6.45) is 0. The van der Waals surface area contributed by atoms with Gasteiger partial charge < -0.3 is 4.74 Å². The summed E-state index contributed by atoms with van der Waals surface area (Å²) in [7, 11) is 1.56. The number of aromatic amines is 1. The maximum Gasteiger partial charge on any atom is 0.248 e. The smallest absolute Gasteiger partial charge is 0.248 e. The molecule has 12 heavy (non-hydrogen) atoms. The van der Waals surface area contributed by atoms with Gasteiger partial charge in [0.25, 0.3) is 0 Å². The third-order valence-electron chi connectivity index (χ3n) is 1.10. The molecule has 1 rings (SSSR count). The van der Waals surface area contributed by atoms with Crippen molar-refractivity contribution < 1.29 is 9.53 Å². The van der Waals surface area contributed by atoms with Crippen LogP contribution in [-0.2, 0) is 16.1 Å². The number of anilines is 1. The van der Waals surface area contributed by atoms with Gasteiger partial charge in [-0.3, -0.25) is 15.2 Å². The highest BCUT2D eigenvalue weighted by atomic mass is 16.5. The van der Waals surface area contributed by atoms with Crippen molar-refractivity contribution in [3.63, 3.8) is 0 Å². The minimum absolute atomic E-state index is 0.196. The Hall–Kier alpha value is -1.43. The normalized spacial score (nSPS) is 9.83. The summed E-state index contributed by atoms with van der Waals surface area (Å²) in [5.74, 6) is 0.661. The van der Waals surface area contributed by atoms with Crippen LogP contribution >= 0.6 is 0 Å². The average Bonchev–Trinajstić information content (AvgIpc) is 2.36. The molecule has 0 unspecified atom stereocenters. The Kier molecular flexibility index (Phi) is 2.76. The van der Waals surface area contributed by atoms with Crippen LogP contribution in [0.4, 0.5) is 5.95 Å². The van der Waals surface area contributed by atoms with Crippen molar-refractivity contribution >= 4 is 11.9 Å². The topological polar surface area (TPSA) is 79.9 Å². The Morgan fingerprint density at radius 3 is 3.08 bits per heavy atom. The van der Waals surface area contributed by atoms with Gasteiger partial charge in [-0.15, -0.1) is 5.10 Å². The Balaban J connectivity index is 2.58. The van der Waals surface area contributed by atoms with Crippen LogP contribution in [0.15, 0.2) is 0 Å². The van der Waals surface area contributed by atoms with Crippen LogP contribution in [0.1, 0.15) is 12.7 Å². The van der Waals surface area contributed by atoms with Crippen LogP contribution in [0.2, 0.25) is 0 Å². The van der Waals surface area contributed by atoms with Crippen molar-refractivity contribution in [2.45, 2.75) is 13.5 Å². The summed E-state index contributed by atoms with van der Waals surface area (Å²) in [6, 6.07) is 0. The maximum atomic E-state index is 10.5. The molecule has 0 aliphatic carbocycles. The number of nitrogens with zero attached hydrogens (tertiary/aromatic N) is 2. The minimum Gasteiger partial charge on any atom is -0.377 e. The first-order chi connectivity index (χ1) is 5.72. The number of H-pyrrole nitrogens is 1. The number of aromatic nitrogens is 3. The maximum absolute atomic E-state index is 10.5. The van der Waals surface area contributed by atoms with Gasteiger partial charge in [0, 0.05) is 14.0 Å². The van der Waals surface area contributed by atoms with E-state index in [-0.39, 0.29) is 11.9 Å². The third kappa shape index (κ3) is 2.31. The molecule has 0 aliphatic heterocycles. The second kappa shape index (κ2) is 3.82. The van der Waals surface area contributed by atoms with Crippen LogP contribution in [0.5, 0.6) is 0 Å². The number of nitrogens with one attached hydrogen (secondary N) is 2. The van der Waals surface area contributed by atoms with Gasteiger partial charge in [0.15, 0.2) is 5.82 Å². The Morgan fingerprint density at radius 1 is 1.75 bits per heavy atom. The number of carbonyl (C=O) groups is 1. The summed E-state index contributed by atoms with van der Waals surface area (Å²) in [6.45, 7) is 1.75. The predicted molar refractivity (Wildman–Crippen MR) is 41.4 cm³/mol. The number of hydrogen-bond acceptors (Lipinski definition) is 4. The fourth-order valence-electron chi connectivity index (χ4n) is 0.710. The molecule has 0 aliphatic rings. The van der Waals surface area contributed by atoms with Gasteiger partial charge in [0.05, 0.1) is 0 Å². The van der Waals surface area contributed by atoms with Gasteiger partial charge in [-0.1, -0.05) is 0 Å². The van der Waals surface area contributed by atoms with Crippen molar-refractivity contribution in [2.24, 2.45) is 0 Å². The molecule has 1 heterocycles. The predicted octanol–water partition coefficient (Wildman–Crippen LogP) is -0.0905. The van der Waals surface area contributed by atoms with Gasteiger partial charge in [0.1, 0.15) is 6.61 Å². The Labute approximate surface area is 69.3 Å². The van der Waals surface area contributed by atoms with Crippen LogP contribution in [0, 0.1) is 0 Å². The summed E-state index contributed by atoms with van der Waals surface area (Å²) >= 11 is 0. The molecule has 0 fully saturated rings. The Bertz CT molecular complexity index is 270. The molecule has 1 aromatic rings. The molecule has 0 bridgehead atoms. The Morgan fingerprint density at radius 2 is 2.50 bits per heavy atom. The molecular weight excluding hydrogens is 160 g/mol. The molecular formula is C6H10N4O2. The molecule has 1 aromatic heterocycles. The molecule has 0 aromatic carbocycles. The molecule has 1 amide bonds. The van der Waals surface area contributed by atoms with E-state index < -0.39 is 0 Å². The first kappa shape index (κ1) is 8.66. The van der Waals surface area contributed by atoms with Crippen molar-refractivity contribution in [2.75, 3.05) is 12.4 Å². The van der Waals surface area contributed by atoms with E-state index in [1.807, 2.05) is 0 Å². The van der Waals surface area contributed by atoms with Gasteiger partial charge in [0.2, 0.25) is 11.9 Å². The number of amides is 1. The number of rotatable bonds is 3. The second-order valence-electron chi connectivity index (χ2n) is 2.22. The largest absolute Gasteiger partial charge is 0.377 e. The van der Waals surface area contributed by atoms with E-state index in [0.29, 0.717) is 12.4 Å². The molecule has 2 N–H and O–H groups in total. The van der Waals surface area contributed by atoms with E-state index in [1.165, 1.54) is 6.92 Å². The standard InChI is InChI=1S/C6H10N4O2/c1-4(11)7-6-8-5(3-12-2)9-10-6/h3H2,1-2H3,(H2,7,8,9,10,11). The van der Waals surface area contributed by atoms with E-state index in [1.54, 1.807) is 7.11 Å². The van der Waals surface area contributed by atoms with Crippen molar-refractivity contribution in [1.82, 2.24) is 15.2 Å². The molecule has 66 valence electrons. The quantitative estimate of drug-likeness (QED) is 0.664. The zero-order valence-electron chi connectivity index (χ0n) is 6.92. The highest BCUT2D eigenvalue weighted by Crippen LogP contribution is 1.98. The highest BCUT2D eigenvalue weighted by molar-refractivity contribution is 5.86. The van der Waals surface area contributed by atoms with Crippen molar-refractivity contribution in [3.05, 3.63) is 5.82 Å². The van der Waals surface area contributed by atoms with E-state index in [4.69, 9.17) is 4.74 Å². The summed E-state index contributed by atoms with van der Waals surface area (Å²) in [5.41, 5.74) is 0. The molecule has 6 nitrogen and oxygen atoms in total. The van der Waals surface area contributed by atoms with Gasteiger partial charge in [-0.05, 0) is 0 Å². The lowest BCUT2D eigenvalue weighted by atomic mass is 10.7. The van der Waals surface area contributed by atoms with Crippen molar-refractivity contribution in [1.29, 1.82) is 0 Å². The second-order valence-corrected chi connectivity index (χ2v) is 2.22. The lowest BCUT2D eigenvalue weighted by Crippen LogP contribution is -2.07. The zero-order chi connectivity index (χ0) is 8.97. The highest BCUT2D eigenvalue weighted by Gasteiger charge is 2.02. The number of carbonyl (C=O) groups excluding carboxylic acids is 1. The van der Waals surface area contributed by atoms with Gasteiger partial charge >= 0.3 is 0 Å². The summed E-state index contributed by atoms with van der Waals surface area (Å²) in [4.78, 5) is 14.5. The van der Waals surface area contributed by atoms with E-state index in [9.17, 15) is 4.79 Å². The van der Waals surface area contributed by atoms with E-state index >= 15 is 0 Å². The van der Waals surface area contributed by atoms with Gasteiger partial charge in [-0.25, -0.2) is 0 Å². The van der Waals surface area contributed by atoms with Crippen molar-refractivity contribution in [3.8, 4) is 0 Å². The monoisotopic (exact) mass is 170 g/mol. The summed E-state index contributed by atoms with van der Waals surface area (Å²) in [5, 5.41) is 8.77. The molecule has 0 saturated heterocycles. The first-order valence-electron chi connectivity index (χ1n) is 3.40. The fraction of sp³-hybridized carbons (Fsp3) is 0.500. The lowest BCUT2D eigenvalue weighted by Gasteiger charge is -1.91. The molecule has 0 atom stereocenters. The lowest BCUT2D eigenvalue weighted by molar-refractivity contribution is -0.114. The van der Waals surface area contributed by atoms with E-state index in [0.717, 1.165) is 0 Å². The molecule has 0 spiro atoms.